The fraction of sp³-hybridized carbons (Fsp3) is 0.909. The molecule has 0 aliphatic heterocycles. The van der Waals surface area contributed by atoms with Crippen LogP contribution in [-0.2, 0) is 14.0 Å². The van der Waals surface area contributed by atoms with Gasteiger partial charge in [-0.05, 0) is 20.8 Å². The van der Waals surface area contributed by atoms with Crippen LogP contribution in [0.4, 0.5) is 0 Å². The van der Waals surface area contributed by atoms with Gasteiger partial charge in [-0.1, -0.05) is 26.3 Å². The van der Waals surface area contributed by atoms with Crippen molar-refractivity contribution in [3.8, 4) is 0 Å². The molecular weight excluding hydrogens is 219 g/mol. The summed E-state index contributed by atoms with van der Waals surface area (Å²) in [6, 6.07) is 0. The molecule has 94 valence electrons. The molecule has 0 fully saturated rings. The van der Waals surface area contributed by atoms with Crippen molar-refractivity contribution >= 4 is 21.0 Å². The summed E-state index contributed by atoms with van der Waals surface area (Å²) >= 11 is 0. The topological polar surface area (TPSA) is 35.5 Å². The first-order chi connectivity index (χ1) is 7.07. The molecule has 16 heavy (non-hydrogen) atoms. The van der Waals surface area contributed by atoms with Gasteiger partial charge in [0.25, 0.3) is 0 Å². The number of hydrogen-bond acceptors (Lipinski definition) is 3. The summed E-state index contributed by atoms with van der Waals surface area (Å²) in [5.74, 6) is -0.144. The highest BCUT2D eigenvalue weighted by atomic mass is 28.3. The van der Waals surface area contributed by atoms with E-state index < -0.39 is 8.19 Å². The maximum atomic E-state index is 11.7. The smallest absolute Gasteiger partial charge is 0.308 e. The van der Waals surface area contributed by atoms with Crippen molar-refractivity contribution < 1.29 is 14.0 Å². The van der Waals surface area contributed by atoms with Crippen molar-refractivity contribution in [1.29, 1.82) is 0 Å². The molecule has 1 unspecified atom stereocenters. The maximum absolute atomic E-state index is 11.7. The molecule has 0 spiro atoms. The Balaban J connectivity index is 4.08. The first kappa shape index (κ1) is 15.7. The van der Waals surface area contributed by atoms with E-state index in [9.17, 15) is 4.79 Å². The van der Waals surface area contributed by atoms with Crippen molar-refractivity contribution in [2.75, 3.05) is 7.11 Å². The van der Waals surface area contributed by atoms with E-state index in [1.54, 1.807) is 7.11 Å². The average molecular weight is 244 g/mol. The van der Waals surface area contributed by atoms with Crippen LogP contribution < -0.4 is 0 Å². The summed E-state index contributed by atoms with van der Waals surface area (Å²) in [5, 5.41) is 0. The molecule has 0 bridgehead atoms. The summed E-state index contributed by atoms with van der Waals surface area (Å²) in [7, 11) is 0.202. The third kappa shape index (κ3) is 7.06. The Kier molecular flexibility index (Phi) is 5.76. The van der Waals surface area contributed by atoms with Crippen LogP contribution in [0.5, 0.6) is 0 Å². The van der Waals surface area contributed by atoms with Crippen LogP contribution in [0, 0.1) is 5.92 Å². The number of carbonyl (C=O) groups is 1. The van der Waals surface area contributed by atoms with Crippen LogP contribution in [0.25, 0.3) is 0 Å². The third-order valence-corrected chi connectivity index (χ3v) is 5.14. The number of carbonyl (C=O) groups excluding carboxylic acids is 1. The Labute approximate surface area is 101 Å². The minimum atomic E-state index is -1.55. The molecule has 0 rings (SSSR count). The van der Waals surface area contributed by atoms with Gasteiger partial charge in [0.05, 0.1) is 0 Å². The Hall–Kier alpha value is -0.288. The molecule has 3 nitrogen and oxygen atoms in total. The van der Waals surface area contributed by atoms with E-state index in [0.717, 1.165) is 13.2 Å². The van der Waals surface area contributed by atoms with Gasteiger partial charge < -0.3 is 9.16 Å². The molecule has 0 heterocycles. The first-order valence-electron chi connectivity index (χ1n) is 5.85. The average Bonchev–Trinajstić information content (AvgIpc) is 2.11. The van der Waals surface area contributed by atoms with E-state index in [0.29, 0.717) is 0 Å². The molecule has 1 atom stereocenters. The van der Waals surface area contributed by atoms with Gasteiger partial charge in [0.1, 0.15) is 20.7 Å². The predicted octanol–water partition coefficient (Wildman–Crippen LogP) is 2.17. The lowest BCUT2D eigenvalue weighted by atomic mass is 9.91. The predicted molar refractivity (Wildman–Crippen MR) is 71.5 cm³/mol. The highest BCUT2D eigenvalue weighted by Gasteiger charge is 2.27. The molecule has 0 aliphatic carbocycles. The van der Waals surface area contributed by atoms with Crippen LogP contribution >= 0.6 is 0 Å². The highest BCUT2D eigenvalue weighted by Crippen LogP contribution is 2.15. The molecule has 0 radical (unpaired) electrons. The van der Waals surface area contributed by atoms with Gasteiger partial charge in [-0.15, -0.1) is 0 Å². The maximum Gasteiger partial charge on any atom is 0.308 e. The lowest BCUT2D eigenvalue weighted by Gasteiger charge is -2.24. The van der Waals surface area contributed by atoms with E-state index in [4.69, 9.17) is 9.16 Å². The molecule has 0 aliphatic rings. The molecule has 0 saturated heterocycles. The van der Waals surface area contributed by atoms with Gasteiger partial charge in [0.2, 0.25) is 0 Å². The zero-order valence-corrected chi connectivity index (χ0v) is 12.7. The van der Waals surface area contributed by atoms with Gasteiger partial charge in [0.15, 0.2) is 0 Å². The van der Waals surface area contributed by atoms with Crippen LogP contribution in [0.3, 0.4) is 0 Å². The molecule has 0 saturated carbocycles. The molecule has 0 aromatic rings. The van der Waals surface area contributed by atoms with Gasteiger partial charge >= 0.3 is 5.97 Å². The molecule has 0 aromatic heterocycles. The number of rotatable bonds is 5. The standard InChI is InChI=1S/C11H25BO3Si/c1-9(8-12-16(6,7)14-5)10(13)15-11(2,3)4/h9,12H,8H2,1-7H3. The molecule has 0 aromatic carbocycles. The van der Waals surface area contributed by atoms with Crippen molar-refractivity contribution in [2.24, 2.45) is 5.92 Å². The second-order valence-electron chi connectivity index (χ2n) is 5.94. The van der Waals surface area contributed by atoms with Crippen molar-refractivity contribution in [3.05, 3.63) is 0 Å². The van der Waals surface area contributed by atoms with Crippen molar-refractivity contribution in [2.45, 2.75) is 52.7 Å². The summed E-state index contributed by atoms with van der Waals surface area (Å²) in [6.07, 6.45) is 0.849. The minimum absolute atomic E-state index is 0.0406. The van der Waals surface area contributed by atoms with Gasteiger partial charge in [-0.25, -0.2) is 0 Å². The number of esters is 1. The Morgan fingerprint density at radius 1 is 1.38 bits per heavy atom. The van der Waals surface area contributed by atoms with Crippen LogP contribution in [0.2, 0.25) is 19.4 Å². The zero-order chi connectivity index (χ0) is 13.0. The Morgan fingerprint density at radius 2 is 1.88 bits per heavy atom. The van der Waals surface area contributed by atoms with E-state index in [1.807, 2.05) is 27.7 Å². The lowest BCUT2D eigenvalue weighted by molar-refractivity contribution is -0.158. The SMILES string of the molecule is CO[Si](C)(C)BCC(C)C(=O)OC(C)(C)C. The highest BCUT2D eigenvalue weighted by molar-refractivity contribution is 7.20. The van der Waals surface area contributed by atoms with E-state index in [1.165, 1.54) is 0 Å². The Morgan fingerprint density at radius 3 is 2.25 bits per heavy atom. The van der Waals surface area contributed by atoms with E-state index in [-0.39, 0.29) is 17.5 Å². The Bertz CT molecular complexity index is 236. The second kappa shape index (κ2) is 5.87. The second-order valence-corrected chi connectivity index (χ2v) is 10.4. The summed E-state index contributed by atoms with van der Waals surface area (Å²) in [6.45, 7) is 12.9. The van der Waals surface area contributed by atoms with Crippen molar-refractivity contribution in [1.82, 2.24) is 0 Å². The summed E-state index contributed by atoms with van der Waals surface area (Å²) < 4.78 is 10.8. The lowest BCUT2D eigenvalue weighted by Crippen LogP contribution is -2.39. The monoisotopic (exact) mass is 244 g/mol. The number of hydrogen-bond donors (Lipinski definition) is 0. The largest absolute Gasteiger partial charge is 0.460 e. The fourth-order valence-electron chi connectivity index (χ4n) is 1.19. The zero-order valence-electron chi connectivity index (χ0n) is 11.7. The molecule has 5 heteroatoms. The third-order valence-electron chi connectivity index (χ3n) is 2.54. The molecule has 0 amide bonds. The minimum Gasteiger partial charge on any atom is -0.460 e. The van der Waals surface area contributed by atoms with E-state index >= 15 is 0 Å². The van der Waals surface area contributed by atoms with Gasteiger partial charge in [0, 0.05) is 13.0 Å². The van der Waals surface area contributed by atoms with Crippen LogP contribution in [0.15, 0.2) is 0 Å². The quantitative estimate of drug-likeness (QED) is 0.549. The number of ether oxygens (including phenoxy) is 1. The van der Waals surface area contributed by atoms with Crippen molar-refractivity contribution in [3.63, 3.8) is 0 Å². The molecular formula is C11H25BO3Si. The fourth-order valence-corrected chi connectivity index (χ4v) is 2.52. The van der Waals surface area contributed by atoms with Gasteiger partial charge in [-0.3, -0.25) is 4.79 Å². The van der Waals surface area contributed by atoms with E-state index in [2.05, 4.69) is 13.1 Å². The first-order valence-corrected chi connectivity index (χ1v) is 8.97. The summed E-state index contributed by atoms with van der Waals surface area (Å²) in [5.41, 5.74) is -0.389. The van der Waals surface area contributed by atoms with Crippen LogP contribution in [-0.4, -0.2) is 33.7 Å². The van der Waals surface area contributed by atoms with Crippen LogP contribution in [0.1, 0.15) is 27.7 Å². The summed E-state index contributed by atoms with van der Waals surface area (Å²) in [4.78, 5) is 11.7. The normalized spacial score (nSPS) is 14.4. The van der Waals surface area contributed by atoms with Gasteiger partial charge in [-0.2, -0.15) is 0 Å². The molecule has 0 N–H and O–H groups in total.